The van der Waals surface area contributed by atoms with Gasteiger partial charge in [0.1, 0.15) is 5.82 Å². The molecule has 0 bridgehead atoms. The molecule has 118 valence electrons. The molecular weight excluding hydrogens is 351 g/mol. The lowest BCUT2D eigenvalue weighted by atomic mass is 9.68. The van der Waals surface area contributed by atoms with Crippen LogP contribution < -0.4 is 0 Å². The van der Waals surface area contributed by atoms with E-state index in [1.54, 1.807) is 6.07 Å². The van der Waals surface area contributed by atoms with Gasteiger partial charge in [-0.25, -0.2) is 4.39 Å². The fourth-order valence-corrected chi connectivity index (χ4v) is 4.45. The number of alkyl halides is 1. The van der Waals surface area contributed by atoms with Crippen molar-refractivity contribution in [3.63, 3.8) is 0 Å². The molecule has 0 radical (unpaired) electrons. The second kappa shape index (κ2) is 7.97. The summed E-state index contributed by atoms with van der Waals surface area (Å²) in [5.74, 6) is 1.39. The molecule has 0 amide bonds. The predicted octanol–water partition coefficient (Wildman–Crippen LogP) is 6.74. The number of hydrogen-bond donors (Lipinski definition) is 0. The summed E-state index contributed by atoms with van der Waals surface area (Å²) in [6.45, 7) is 2.26. The van der Waals surface area contributed by atoms with E-state index in [9.17, 15) is 4.39 Å². The summed E-state index contributed by atoms with van der Waals surface area (Å²) in [7, 11) is 0. The van der Waals surface area contributed by atoms with Gasteiger partial charge in [0.25, 0.3) is 0 Å². The second-order valence-electron chi connectivity index (χ2n) is 6.67. The van der Waals surface area contributed by atoms with Crippen LogP contribution >= 0.6 is 27.5 Å². The van der Waals surface area contributed by atoms with Gasteiger partial charge >= 0.3 is 0 Å². The molecule has 1 aromatic rings. The second-order valence-corrected chi connectivity index (χ2v) is 7.86. The molecule has 0 nitrogen and oxygen atoms in total. The van der Waals surface area contributed by atoms with E-state index in [0.29, 0.717) is 5.88 Å². The monoisotopic (exact) mass is 374 g/mol. The molecule has 3 heteroatoms. The van der Waals surface area contributed by atoms with Crippen LogP contribution in [0, 0.1) is 17.2 Å². The zero-order valence-corrected chi connectivity index (χ0v) is 15.1. The number of rotatable bonds is 6. The van der Waals surface area contributed by atoms with Crippen molar-refractivity contribution < 1.29 is 4.39 Å². The van der Waals surface area contributed by atoms with Gasteiger partial charge < -0.3 is 0 Å². The van der Waals surface area contributed by atoms with E-state index in [-0.39, 0.29) is 11.2 Å². The Kier molecular flexibility index (Phi) is 6.55. The Hall–Kier alpha value is -0.0800. The molecule has 1 aliphatic rings. The number of unbranched alkanes of at least 4 members (excludes halogenated alkanes) is 1. The molecule has 1 saturated carbocycles. The van der Waals surface area contributed by atoms with Crippen LogP contribution in [-0.2, 0) is 6.42 Å². The third-order valence-electron chi connectivity index (χ3n) is 4.92. The van der Waals surface area contributed by atoms with Gasteiger partial charge in [-0.05, 0) is 67.2 Å². The molecule has 0 spiro atoms. The average Bonchev–Trinajstić information content (AvgIpc) is 2.45. The molecule has 0 aromatic heterocycles. The SMILES string of the molecule is CCCCC1CCC(CCl)(Cc2cc(F)cc(Br)c2)CC1. The van der Waals surface area contributed by atoms with Crippen LogP contribution in [0.25, 0.3) is 0 Å². The zero-order valence-electron chi connectivity index (χ0n) is 12.8. The summed E-state index contributed by atoms with van der Waals surface area (Å²) >= 11 is 9.70. The van der Waals surface area contributed by atoms with E-state index in [1.807, 2.05) is 6.07 Å². The summed E-state index contributed by atoms with van der Waals surface area (Å²) < 4.78 is 14.4. The Morgan fingerprint density at radius 2 is 2.00 bits per heavy atom. The number of halogens is 3. The van der Waals surface area contributed by atoms with E-state index in [1.165, 1.54) is 51.0 Å². The van der Waals surface area contributed by atoms with Crippen LogP contribution in [0.15, 0.2) is 22.7 Å². The highest BCUT2D eigenvalue weighted by Crippen LogP contribution is 2.44. The van der Waals surface area contributed by atoms with Gasteiger partial charge in [-0.2, -0.15) is 0 Å². The molecule has 1 fully saturated rings. The van der Waals surface area contributed by atoms with Crippen LogP contribution in [-0.4, -0.2) is 5.88 Å². The van der Waals surface area contributed by atoms with Crippen LogP contribution in [0.4, 0.5) is 4.39 Å². The van der Waals surface area contributed by atoms with Gasteiger partial charge in [-0.15, -0.1) is 11.6 Å². The summed E-state index contributed by atoms with van der Waals surface area (Å²) in [6.07, 6.45) is 9.81. The first-order valence-electron chi connectivity index (χ1n) is 8.08. The number of benzene rings is 1. The maximum atomic E-state index is 13.5. The largest absolute Gasteiger partial charge is 0.207 e. The summed E-state index contributed by atoms with van der Waals surface area (Å²) in [6, 6.07) is 5.20. The van der Waals surface area contributed by atoms with Gasteiger partial charge in [0.05, 0.1) is 0 Å². The van der Waals surface area contributed by atoms with Crippen molar-refractivity contribution in [1.29, 1.82) is 0 Å². The fourth-order valence-electron chi connectivity index (χ4n) is 3.58. The van der Waals surface area contributed by atoms with Crippen molar-refractivity contribution in [2.24, 2.45) is 11.3 Å². The Morgan fingerprint density at radius 3 is 2.57 bits per heavy atom. The maximum absolute atomic E-state index is 13.5. The molecule has 2 rings (SSSR count). The first-order chi connectivity index (χ1) is 10.1. The van der Waals surface area contributed by atoms with Crippen LogP contribution in [0.3, 0.4) is 0 Å². The Balaban J connectivity index is 1.99. The van der Waals surface area contributed by atoms with Crippen LogP contribution in [0.2, 0.25) is 0 Å². The van der Waals surface area contributed by atoms with E-state index < -0.39 is 0 Å². The van der Waals surface area contributed by atoms with Gasteiger partial charge in [0, 0.05) is 10.4 Å². The maximum Gasteiger partial charge on any atom is 0.124 e. The Morgan fingerprint density at radius 1 is 1.29 bits per heavy atom. The molecule has 0 atom stereocenters. The third-order valence-corrected chi connectivity index (χ3v) is 5.94. The lowest BCUT2D eigenvalue weighted by Crippen LogP contribution is -2.31. The normalized spacial score (nSPS) is 26.0. The van der Waals surface area contributed by atoms with Crippen molar-refractivity contribution >= 4 is 27.5 Å². The van der Waals surface area contributed by atoms with Gasteiger partial charge in [0.15, 0.2) is 0 Å². The molecule has 0 heterocycles. The van der Waals surface area contributed by atoms with Gasteiger partial charge in [-0.3, -0.25) is 0 Å². The van der Waals surface area contributed by atoms with Crippen molar-refractivity contribution in [1.82, 2.24) is 0 Å². The van der Waals surface area contributed by atoms with E-state index in [2.05, 4.69) is 22.9 Å². The zero-order chi connectivity index (χ0) is 15.3. The van der Waals surface area contributed by atoms with Gasteiger partial charge in [-0.1, -0.05) is 42.1 Å². The van der Waals surface area contributed by atoms with Crippen molar-refractivity contribution in [3.8, 4) is 0 Å². The molecule has 1 aromatic carbocycles. The highest BCUT2D eigenvalue weighted by atomic mass is 79.9. The van der Waals surface area contributed by atoms with Crippen LogP contribution in [0.1, 0.15) is 57.4 Å². The molecule has 1 aliphatic carbocycles. The highest BCUT2D eigenvalue weighted by Gasteiger charge is 2.34. The van der Waals surface area contributed by atoms with Gasteiger partial charge in [0.2, 0.25) is 0 Å². The Labute approximate surface area is 141 Å². The molecule has 0 unspecified atom stereocenters. The summed E-state index contributed by atoms with van der Waals surface area (Å²) in [4.78, 5) is 0. The molecule has 0 aliphatic heterocycles. The average molecular weight is 376 g/mol. The van der Waals surface area contributed by atoms with Crippen molar-refractivity contribution in [2.75, 3.05) is 5.88 Å². The van der Waals surface area contributed by atoms with Crippen molar-refractivity contribution in [3.05, 3.63) is 34.1 Å². The number of hydrogen-bond acceptors (Lipinski definition) is 0. The molecule has 0 N–H and O–H groups in total. The van der Waals surface area contributed by atoms with E-state index in [0.717, 1.165) is 22.4 Å². The minimum Gasteiger partial charge on any atom is -0.207 e. The molecule has 0 saturated heterocycles. The van der Waals surface area contributed by atoms with Crippen LogP contribution in [0.5, 0.6) is 0 Å². The minimum absolute atomic E-state index is 0.164. The lowest BCUT2D eigenvalue weighted by molar-refractivity contribution is 0.166. The fraction of sp³-hybridized carbons (Fsp3) is 0.667. The topological polar surface area (TPSA) is 0 Å². The first-order valence-corrected chi connectivity index (χ1v) is 9.40. The Bertz CT molecular complexity index is 432. The lowest BCUT2D eigenvalue weighted by Gasteiger charge is -2.39. The summed E-state index contributed by atoms with van der Waals surface area (Å²) in [5.41, 5.74) is 1.23. The third kappa shape index (κ3) is 4.96. The highest BCUT2D eigenvalue weighted by molar-refractivity contribution is 9.10. The smallest absolute Gasteiger partial charge is 0.124 e. The van der Waals surface area contributed by atoms with Crippen molar-refractivity contribution in [2.45, 2.75) is 58.3 Å². The van der Waals surface area contributed by atoms with E-state index in [4.69, 9.17) is 11.6 Å². The molecular formula is C18H25BrClF. The minimum atomic E-state index is -0.166. The summed E-state index contributed by atoms with van der Waals surface area (Å²) in [5, 5.41) is 0. The predicted molar refractivity (Wildman–Crippen MR) is 92.4 cm³/mol. The molecule has 21 heavy (non-hydrogen) atoms. The first kappa shape index (κ1) is 17.3. The van der Waals surface area contributed by atoms with E-state index >= 15 is 0 Å². The standard InChI is InChI=1S/C18H25BrClF/c1-2-3-4-14-5-7-18(13-20,8-6-14)12-15-9-16(19)11-17(21)10-15/h9-11,14H,2-8,12-13H2,1H3. The quantitative estimate of drug-likeness (QED) is 0.483.